The molecule has 0 spiro atoms. The summed E-state index contributed by atoms with van der Waals surface area (Å²) in [6.45, 7) is 0. The fourth-order valence-corrected chi connectivity index (χ4v) is 6.97. The number of hydrogen-bond donors (Lipinski definition) is 0. The van der Waals surface area contributed by atoms with Gasteiger partial charge in [-0.15, -0.1) is 0 Å². The highest BCUT2D eigenvalue weighted by Gasteiger charge is 2.20. The summed E-state index contributed by atoms with van der Waals surface area (Å²) in [5, 5.41) is 4.68. The molecule has 2 heterocycles. The molecule has 9 rings (SSSR count). The van der Waals surface area contributed by atoms with E-state index in [9.17, 15) is 0 Å². The third-order valence-electron chi connectivity index (χ3n) is 9.26. The predicted molar refractivity (Wildman–Crippen MR) is 198 cm³/mol. The molecule has 2 heteroatoms. The molecular weight excluding hydrogens is 571 g/mol. The topological polar surface area (TPSA) is 18.1 Å². The molecule has 0 aliphatic heterocycles. The minimum Gasteiger partial charge on any atom is -0.454 e. The normalized spacial score (nSPS) is 12.0. The van der Waals surface area contributed by atoms with Crippen LogP contribution in [0.1, 0.15) is 11.1 Å². The highest BCUT2D eigenvalue weighted by Crippen LogP contribution is 2.41. The van der Waals surface area contributed by atoms with Gasteiger partial charge in [0.15, 0.2) is 5.58 Å². The molecule has 0 aliphatic carbocycles. The maximum atomic E-state index is 6.67. The first-order valence-corrected chi connectivity index (χ1v) is 16.1. The van der Waals surface area contributed by atoms with Crippen molar-refractivity contribution in [3.8, 4) is 22.3 Å². The van der Waals surface area contributed by atoms with Crippen molar-refractivity contribution in [2.75, 3.05) is 0 Å². The Morgan fingerprint density at radius 1 is 0.468 bits per heavy atom. The highest BCUT2D eigenvalue weighted by atomic mass is 16.3. The van der Waals surface area contributed by atoms with Gasteiger partial charge in [0.25, 0.3) is 0 Å². The summed E-state index contributed by atoms with van der Waals surface area (Å²) >= 11 is 0. The quantitative estimate of drug-likeness (QED) is 0.185. The van der Waals surface area contributed by atoms with E-state index in [1.54, 1.807) is 0 Å². The number of furan rings is 1. The summed E-state index contributed by atoms with van der Waals surface area (Å²) in [5.74, 6) is 0. The number of para-hydroxylation sites is 2. The van der Waals surface area contributed by atoms with Crippen LogP contribution in [0.5, 0.6) is 0 Å². The third-order valence-corrected chi connectivity index (χ3v) is 9.26. The van der Waals surface area contributed by atoms with Crippen LogP contribution in [0.25, 0.3) is 77.8 Å². The van der Waals surface area contributed by atoms with Crippen LogP contribution >= 0.6 is 0 Å². The maximum Gasteiger partial charge on any atom is 0.160 e. The lowest BCUT2D eigenvalue weighted by molar-refractivity contribution is 0.671. The molecule has 0 fully saturated rings. The van der Waals surface area contributed by atoms with E-state index < -0.39 is 0 Å². The number of nitrogens with zero attached hydrogens (tertiary/aromatic N) is 1. The summed E-state index contributed by atoms with van der Waals surface area (Å²) in [7, 11) is 0. The first kappa shape index (κ1) is 27.2. The SMILES string of the molecule is C(=C(\Cc1ccc(-c2ccccc2)cc1)n1c2ccccc2c2ccc3c4ccccc4oc3c21)/c1ccc(-c2ccccc2)cc1. The Morgan fingerprint density at radius 3 is 1.72 bits per heavy atom. The van der Waals surface area contributed by atoms with Crippen LogP contribution in [-0.2, 0) is 6.42 Å². The molecule has 2 nitrogen and oxygen atoms in total. The minimum absolute atomic E-state index is 0.750. The van der Waals surface area contributed by atoms with Crippen molar-refractivity contribution >= 4 is 55.5 Å². The number of aromatic nitrogens is 1. The van der Waals surface area contributed by atoms with Gasteiger partial charge in [0.1, 0.15) is 5.58 Å². The Hall–Kier alpha value is -6.12. The van der Waals surface area contributed by atoms with Gasteiger partial charge < -0.3 is 8.98 Å². The van der Waals surface area contributed by atoms with E-state index in [1.165, 1.54) is 49.8 Å². The Bertz CT molecular complexity index is 2550. The van der Waals surface area contributed by atoms with Gasteiger partial charge in [0.2, 0.25) is 0 Å². The summed E-state index contributed by atoms with van der Waals surface area (Å²) in [6.07, 6.45) is 3.09. The Kier molecular flexibility index (Phi) is 6.57. The van der Waals surface area contributed by atoms with Crippen LogP contribution in [0.4, 0.5) is 0 Å². The Morgan fingerprint density at radius 2 is 1.02 bits per heavy atom. The second kappa shape index (κ2) is 11.3. The zero-order valence-electron chi connectivity index (χ0n) is 25.8. The zero-order valence-corrected chi connectivity index (χ0v) is 25.8. The molecule has 0 atom stereocenters. The molecule has 0 radical (unpaired) electrons. The smallest absolute Gasteiger partial charge is 0.160 e. The highest BCUT2D eigenvalue weighted by molar-refractivity contribution is 6.22. The first-order valence-electron chi connectivity index (χ1n) is 16.1. The van der Waals surface area contributed by atoms with Gasteiger partial charge in [-0.05, 0) is 57.7 Å². The van der Waals surface area contributed by atoms with Crippen molar-refractivity contribution in [1.29, 1.82) is 0 Å². The van der Waals surface area contributed by atoms with E-state index in [-0.39, 0.29) is 0 Å². The second-order valence-corrected chi connectivity index (χ2v) is 12.2. The lowest BCUT2D eigenvalue weighted by Crippen LogP contribution is -2.01. The van der Waals surface area contributed by atoms with Crippen LogP contribution in [0.15, 0.2) is 174 Å². The fourth-order valence-electron chi connectivity index (χ4n) is 6.97. The molecule has 0 N–H and O–H groups in total. The minimum atomic E-state index is 0.750. The van der Waals surface area contributed by atoms with Gasteiger partial charge >= 0.3 is 0 Å². The molecule has 0 saturated carbocycles. The average Bonchev–Trinajstić information content (AvgIpc) is 3.69. The van der Waals surface area contributed by atoms with Gasteiger partial charge in [0.05, 0.1) is 11.0 Å². The molecule has 0 aliphatic rings. The molecule has 2 aromatic heterocycles. The van der Waals surface area contributed by atoms with Gasteiger partial charge in [-0.2, -0.15) is 0 Å². The van der Waals surface area contributed by atoms with E-state index in [2.05, 4.69) is 174 Å². The Balaban J connectivity index is 1.25. The predicted octanol–water partition coefficient (Wildman–Crippen LogP) is 12.3. The number of allylic oxidation sites excluding steroid dienone is 1. The van der Waals surface area contributed by atoms with Gasteiger partial charge in [-0.1, -0.05) is 152 Å². The van der Waals surface area contributed by atoms with Crippen molar-refractivity contribution in [2.45, 2.75) is 6.42 Å². The summed E-state index contributed by atoms with van der Waals surface area (Å²) in [5.41, 5.74) is 12.6. The van der Waals surface area contributed by atoms with E-state index in [1.807, 2.05) is 6.07 Å². The molecule has 222 valence electrons. The van der Waals surface area contributed by atoms with Gasteiger partial charge in [-0.3, -0.25) is 0 Å². The lowest BCUT2D eigenvalue weighted by Gasteiger charge is -2.15. The molecule has 0 saturated heterocycles. The van der Waals surface area contributed by atoms with Crippen molar-refractivity contribution in [3.05, 3.63) is 181 Å². The lowest BCUT2D eigenvalue weighted by atomic mass is 10.0. The molecule has 0 amide bonds. The van der Waals surface area contributed by atoms with Crippen molar-refractivity contribution in [3.63, 3.8) is 0 Å². The van der Waals surface area contributed by atoms with Crippen LogP contribution < -0.4 is 0 Å². The monoisotopic (exact) mass is 601 g/mol. The molecule has 0 bridgehead atoms. The van der Waals surface area contributed by atoms with E-state index in [0.717, 1.165) is 39.4 Å². The van der Waals surface area contributed by atoms with E-state index in [0.29, 0.717) is 0 Å². The van der Waals surface area contributed by atoms with Gasteiger partial charge in [-0.25, -0.2) is 0 Å². The fraction of sp³-hybridized carbons (Fsp3) is 0.0222. The first-order chi connectivity index (χ1) is 23.3. The van der Waals surface area contributed by atoms with Crippen molar-refractivity contribution < 1.29 is 4.42 Å². The van der Waals surface area contributed by atoms with Crippen LogP contribution in [0, 0.1) is 0 Å². The number of fused-ring (bicyclic) bond motifs is 7. The summed E-state index contributed by atoms with van der Waals surface area (Å²) in [4.78, 5) is 0. The van der Waals surface area contributed by atoms with Gasteiger partial charge in [0, 0.05) is 33.7 Å². The van der Waals surface area contributed by atoms with Crippen LogP contribution in [0.2, 0.25) is 0 Å². The maximum absolute atomic E-state index is 6.67. The molecular formula is C45H31NO. The number of rotatable bonds is 6. The van der Waals surface area contributed by atoms with Crippen LogP contribution in [-0.4, -0.2) is 4.57 Å². The number of benzene rings is 7. The molecule has 7 aromatic carbocycles. The summed E-state index contributed by atoms with van der Waals surface area (Å²) in [6, 6.07) is 60.6. The zero-order chi connectivity index (χ0) is 31.2. The van der Waals surface area contributed by atoms with Crippen molar-refractivity contribution in [1.82, 2.24) is 4.57 Å². The molecule has 47 heavy (non-hydrogen) atoms. The molecule has 9 aromatic rings. The molecule has 0 unspecified atom stereocenters. The largest absolute Gasteiger partial charge is 0.454 e. The van der Waals surface area contributed by atoms with Crippen molar-refractivity contribution in [2.24, 2.45) is 0 Å². The van der Waals surface area contributed by atoms with E-state index in [4.69, 9.17) is 4.42 Å². The standard InChI is InChI=1S/C45H31NO/c1-3-11-33(12-4-1)35-23-19-31(20-24-35)29-37(30-32-21-25-36(26-22-32)34-13-5-2-6-14-34)46-42-17-9-7-15-38(42)40-27-28-41-39-16-8-10-18-43(39)47-45(41)44(40)46/h1-29H,30H2/b37-29-. The number of hydrogen-bond acceptors (Lipinski definition) is 1. The summed E-state index contributed by atoms with van der Waals surface area (Å²) < 4.78 is 9.10. The average molecular weight is 602 g/mol. The van der Waals surface area contributed by atoms with E-state index >= 15 is 0 Å². The second-order valence-electron chi connectivity index (χ2n) is 12.2. The third kappa shape index (κ3) is 4.83. The Labute approximate surface area is 273 Å². The van der Waals surface area contributed by atoms with Crippen LogP contribution in [0.3, 0.4) is 0 Å².